The van der Waals surface area contributed by atoms with Crippen molar-refractivity contribution in [2.45, 2.75) is 71.6 Å². The highest BCUT2D eigenvalue weighted by molar-refractivity contribution is 5.80. The van der Waals surface area contributed by atoms with Crippen LogP contribution in [0.25, 0.3) is 0 Å². The minimum absolute atomic E-state index is 0.792. The van der Waals surface area contributed by atoms with Crippen LogP contribution in [0.1, 0.15) is 71.6 Å². The molecule has 0 atom stereocenters. The maximum atomic E-state index is 10.6. The van der Waals surface area contributed by atoms with E-state index in [9.17, 15) is 4.79 Å². The quantitative estimate of drug-likeness (QED) is 0.438. The van der Waals surface area contributed by atoms with Gasteiger partial charge < -0.3 is 5.11 Å². The van der Waals surface area contributed by atoms with E-state index in [1.807, 2.05) is 0 Å². The summed E-state index contributed by atoms with van der Waals surface area (Å²) in [6.45, 7) is 4.34. The molecule has 0 radical (unpaired) electrons. The molecule has 0 saturated heterocycles. The molecule has 2 nitrogen and oxygen atoms in total. The molecule has 0 heterocycles. The lowest BCUT2D eigenvalue weighted by atomic mass is 10.0. The van der Waals surface area contributed by atoms with Gasteiger partial charge in [0.05, 0.1) is 0 Å². The van der Waals surface area contributed by atoms with E-state index in [2.05, 4.69) is 13.8 Å². The average Bonchev–Trinajstić information content (AvgIpc) is 2.24. The number of carbonyl (C=O) groups is 1. The molecule has 94 valence electrons. The fraction of sp³-hybridized carbons (Fsp3) is 0.786. The Bertz CT molecular complexity index is 207. The van der Waals surface area contributed by atoms with E-state index in [1.165, 1.54) is 31.8 Å². The summed E-state index contributed by atoms with van der Waals surface area (Å²) in [6.07, 6.45) is 11.8. The Balaban J connectivity index is 3.79. The van der Waals surface area contributed by atoms with Crippen LogP contribution >= 0.6 is 0 Å². The highest BCUT2D eigenvalue weighted by Crippen LogP contribution is 2.16. The van der Waals surface area contributed by atoms with Gasteiger partial charge in [0.25, 0.3) is 0 Å². The van der Waals surface area contributed by atoms with Crippen LogP contribution in [0.3, 0.4) is 0 Å². The van der Waals surface area contributed by atoms with Gasteiger partial charge in [0.2, 0.25) is 0 Å². The molecular formula is C14H26O2. The minimum Gasteiger partial charge on any atom is -0.478 e. The van der Waals surface area contributed by atoms with E-state index in [4.69, 9.17) is 5.11 Å². The van der Waals surface area contributed by atoms with E-state index >= 15 is 0 Å². The third kappa shape index (κ3) is 9.75. The average molecular weight is 226 g/mol. The molecule has 16 heavy (non-hydrogen) atoms. The zero-order valence-electron chi connectivity index (χ0n) is 10.8. The monoisotopic (exact) mass is 226 g/mol. The Kier molecular flexibility index (Phi) is 10.2. The fourth-order valence-corrected chi connectivity index (χ4v) is 1.80. The highest BCUT2D eigenvalue weighted by atomic mass is 16.4. The first kappa shape index (κ1) is 15.2. The largest absolute Gasteiger partial charge is 0.478 e. The van der Waals surface area contributed by atoms with Crippen molar-refractivity contribution in [3.05, 3.63) is 11.6 Å². The van der Waals surface area contributed by atoms with Crippen LogP contribution in [0.5, 0.6) is 0 Å². The lowest BCUT2D eigenvalue weighted by Crippen LogP contribution is -1.94. The molecule has 0 aromatic rings. The number of rotatable bonds is 10. The molecule has 0 amide bonds. The van der Waals surface area contributed by atoms with Crippen LogP contribution in [0.15, 0.2) is 11.6 Å². The van der Waals surface area contributed by atoms with Crippen molar-refractivity contribution in [1.29, 1.82) is 0 Å². The first-order chi connectivity index (χ1) is 7.70. The number of hydrogen-bond donors (Lipinski definition) is 1. The summed E-state index contributed by atoms with van der Waals surface area (Å²) >= 11 is 0. The van der Waals surface area contributed by atoms with Crippen molar-refractivity contribution >= 4 is 5.97 Å². The maximum absolute atomic E-state index is 10.6. The topological polar surface area (TPSA) is 37.3 Å². The predicted octanol–water partition coefficient (Wildman–Crippen LogP) is 4.55. The van der Waals surface area contributed by atoms with Crippen molar-refractivity contribution in [1.82, 2.24) is 0 Å². The zero-order chi connectivity index (χ0) is 12.2. The van der Waals surface area contributed by atoms with Gasteiger partial charge in [-0.05, 0) is 25.7 Å². The van der Waals surface area contributed by atoms with Crippen LogP contribution in [-0.4, -0.2) is 11.1 Å². The standard InChI is InChI=1S/C14H26O2/c1-3-5-7-8-9-11-13(10-6-4-2)12-14(15)16/h12H,3-11H2,1-2H3,(H,15,16). The molecule has 0 spiro atoms. The number of carboxylic acids is 1. The second-order valence-corrected chi connectivity index (χ2v) is 4.41. The molecule has 0 aliphatic rings. The first-order valence-corrected chi connectivity index (χ1v) is 6.63. The molecule has 0 fully saturated rings. The summed E-state index contributed by atoms with van der Waals surface area (Å²) in [6, 6.07) is 0. The predicted molar refractivity (Wildman–Crippen MR) is 68.6 cm³/mol. The van der Waals surface area contributed by atoms with Gasteiger partial charge in [0.1, 0.15) is 0 Å². The molecule has 0 aliphatic carbocycles. The van der Waals surface area contributed by atoms with Crippen LogP contribution in [-0.2, 0) is 4.79 Å². The molecule has 0 unspecified atom stereocenters. The number of unbranched alkanes of at least 4 members (excludes halogenated alkanes) is 5. The van der Waals surface area contributed by atoms with Crippen LogP contribution in [0.4, 0.5) is 0 Å². The van der Waals surface area contributed by atoms with Gasteiger partial charge in [-0.25, -0.2) is 4.79 Å². The van der Waals surface area contributed by atoms with Gasteiger partial charge in [-0.2, -0.15) is 0 Å². The van der Waals surface area contributed by atoms with E-state index < -0.39 is 5.97 Å². The number of aliphatic carboxylic acids is 1. The number of allylic oxidation sites excluding steroid dienone is 1. The van der Waals surface area contributed by atoms with Crippen molar-refractivity contribution in [3.8, 4) is 0 Å². The first-order valence-electron chi connectivity index (χ1n) is 6.63. The van der Waals surface area contributed by atoms with Crippen molar-refractivity contribution in [2.75, 3.05) is 0 Å². The Morgan fingerprint density at radius 2 is 1.50 bits per heavy atom. The van der Waals surface area contributed by atoms with Crippen molar-refractivity contribution in [2.24, 2.45) is 0 Å². The number of hydrogen-bond acceptors (Lipinski definition) is 1. The Morgan fingerprint density at radius 3 is 2.06 bits per heavy atom. The molecule has 1 N–H and O–H groups in total. The lowest BCUT2D eigenvalue weighted by Gasteiger charge is -2.05. The molecule has 0 saturated carbocycles. The van der Waals surface area contributed by atoms with Crippen molar-refractivity contribution < 1.29 is 9.90 Å². The number of carboxylic acid groups (broad SMARTS) is 1. The van der Waals surface area contributed by atoms with Crippen LogP contribution in [0.2, 0.25) is 0 Å². The second-order valence-electron chi connectivity index (χ2n) is 4.41. The second kappa shape index (κ2) is 10.7. The van der Waals surface area contributed by atoms with Crippen molar-refractivity contribution in [3.63, 3.8) is 0 Å². The van der Waals surface area contributed by atoms with Crippen LogP contribution < -0.4 is 0 Å². The summed E-state index contributed by atoms with van der Waals surface area (Å²) in [5.74, 6) is -0.792. The zero-order valence-corrected chi connectivity index (χ0v) is 10.8. The molecule has 0 rings (SSSR count). The lowest BCUT2D eigenvalue weighted by molar-refractivity contribution is -0.131. The van der Waals surface area contributed by atoms with Gasteiger partial charge >= 0.3 is 5.97 Å². The molecule has 0 aromatic heterocycles. The van der Waals surface area contributed by atoms with E-state index in [-0.39, 0.29) is 0 Å². The molecule has 0 aromatic carbocycles. The van der Waals surface area contributed by atoms with Crippen LogP contribution in [0, 0.1) is 0 Å². The minimum atomic E-state index is -0.792. The Labute approximate surface area is 99.7 Å². The normalized spacial score (nSPS) is 11.8. The van der Waals surface area contributed by atoms with Gasteiger partial charge in [-0.3, -0.25) is 0 Å². The van der Waals surface area contributed by atoms with E-state index in [0.29, 0.717) is 0 Å². The molecule has 0 bridgehead atoms. The summed E-state index contributed by atoms with van der Waals surface area (Å²) in [5.41, 5.74) is 1.12. The summed E-state index contributed by atoms with van der Waals surface area (Å²) in [4.78, 5) is 10.6. The third-order valence-electron chi connectivity index (χ3n) is 2.78. The molecular weight excluding hydrogens is 200 g/mol. The third-order valence-corrected chi connectivity index (χ3v) is 2.78. The van der Waals surface area contributed by atoms with Gasteiger partial charge in [0, 0.05) is 6.08 Å². The van der Waals surface area contributed by atoms with Gasteiger partial charge in [-0.1, -0.05) is 51.5 Å². The Morgan fingerprint density at radius 1 is 0.938 bits per heavy atom. The van der Waals surface area contributed by atoms with Gasteiger partial charge in [0.15, 0.2) is 0 Å². The molecule has 2 heteroatoms. The molecule has 0 aliphatic heterocycles. The highest BCUT2D eigenvalue weighted by Gasteiger charge is 2.00. The summed E-state index contributed by atoms with van der Waals surface area (Å²) in [7, 11) is 0. The smallest absolute Gasteiger partial charge is 0.328 e. The summed E-state index contributed by atoms with van der Waals surface area (Å²) in [5, 5.41) is 8.75. The van der Waals surface area contributed by atoms with Gasteiger partial charge in [-0.15, -0.1) is 0 Å². The maximum Gasteiger partial charge on any atom is 0.328 e. The SMILES string of the molecule is CCCCCCCC(=CC(=O)O)CCCC. The summed E-state index contributed by atoms with van der Waals surface area (Å²) < 4.78 is 0. The van der Waals surface area contributed by atoms with E-state index in [1.54, 1.807) is 0 Å². The fourth-order valence-electron chi connectivity index (χ4n) is 1.80. The Hall–Kier alpha value is -0.790. The van der Waals surface area contributed by atoms with E-state index in [0.717, 1.165) is 37.7 Å².